The van der Waals surface area contributed by atoms with E-state index in [1.165, 1.54) is 0 Å². The molecule has 2 rings (SSSR count). The summed E-state index contributed by atoms with van der Waals surface area (Å²) in [4.78, 5) is 57.1. The van der Waals surface area contributed by atoms with Gasteiger partial charge in [0.2, 0.25) is 0 Å². The van der Waals surface area contributed by atoms with Crippen molar-refractivity contribution in [1.29, 1.82) is 0 Å². The highest BCUT2D eigenvalue weighted by atomic mass is 16.7. The number of hydrogen-bond donors (Lipinski definition) is 0. The van der Waals surface area contributed by atoms with Crippen LogP contribution in [0.5, 0.6) is 0 Å². The summed E-state index contributed by atoms with van der Waals surface area (Å²) in [5.41, 5.74) is 0. The predicted octanol–water partition coefficient (Wildman–Crippen LogP) is -0.582. The van der Waals surface area contributed by atoms with Gasteiger partial charge in [-0.05, 0) is 0 Å². The van der Waals surface area contributed by atoms with Crippen LogP contribution in [0.1, 0.15) is 0 Å². The van der Waals surface area contributed by atoms with Gasteiger partial charge in [0.1, 0.15) is 6.26 Å². The summed E-state index contributed by atoms with van der Waals surface area (Å²) in [7, 11) is 0. The lowest BCUT2D eigenvalue weighted by Gasteiger charge is -2.12. The van der Waals surface area contributed by atoms with Crippen LogP contribution in [0.25, 0.3) is 0 Å². The fourth-order valence-corrected chi connectivity index (χ4v) is 1.42. The number of ether oxygens (including phenoxy) is 2. The number of rotatable bonds is 4. The number of carbonyl (C=O) groups excluding carboxylic acids is 5. The Bertz CT molecular complexity index is 581. The van der Waals surface area contributed by atoms with Crippen LogP contribution >= 0.6 is 0 Å². The minimum Gasteiger partial charge on any atom is -0.412 e. The van der Waals surface area contributed by atoms with E-state index in [0.717, 1.165) is 36.8 Å². The van der Waals surface area contributed by atoms with E-state index in [1.807, 2.05) is 0 Å². The molecule has 0 aliphatic carbocycles. The summed E-state index contributed by atoms with van der Waals surface area (Å²) in [5.74, 6) is -2.37. The Hall–Kier alpha value is -3.23. The first kappa shape index (κ1) is 14.2. The van der Waals surface area contributed by atoms with Gasteiger partial charge in [-0.3, -0.25) is 19.2 Å². The summed E-state index contributed by atoms with van der Waals surface area (Å²) in [6, 6.07) is 0. The molecule has 0 spiro atoms. The third-order valence-corrected chi connectivity index (χ3v) is 2.43. The van der Waals surface area contributed by atoms with Crippen LogP contribution in [-0.4, -0.2) is 46.3 Å². The molecule has 0 fully saturated rings. The quantitative estimate of drug-likeness (QED) is 0.387. The standard InChI is InChI=1S/C12H8N2O7/c15-8-1-2-9(16)13(8)5-6-20-12(19)21-7-14-10(17)3-4-11(14)18/h1-6H,7H2/b6-5+. The molecule has 0 radical (unpaired) electrons. The molecule has 0 saturated carbocycles. The molecule has 9 nitrogen and oxygen atoms in total. The summed E-state index contributed by atoms with van der Waals surface area (Å²) in [5, 5.41) is 0. The van der Waals surface area contributed by atoms with Gasteiger partial charge in [0.05, 0.1) is 6.20 Å². The molecule has 2 heterocycles. The minimum absolute atomic E-state index is 0.576. The van der Waals surface area contributed by atoms with E-state index in [2.05, 4.69) is 9.47 Å². The lowest BCUT2D eigenvalue weighted by molar-refractivity contribution is -0.141. The van der Waals surface area contributed by atoms with Crippen LogP contribution in [0.15, 0.2) is 36.8 Å². The van der Waals surface area contributed by atoms with E-state index >= 15 is 0 Å². The van der Waals surface area contributed by atoms with Crippen LogP contribution < -0.4 is 0 Å². The van der Waals surface area contributed by atoms with Crippen molar-refractivity contribution in [1.82, 2.24) is 9.80 Å². The Morgan fingerprint density at radius 3 is 2.05 bits per heavy atom. The van der Waals surface area contributed by atoms with Crippen LogP contribution in [0, 0.1) is 0 Å². The smallest absolute Gasteiger partial charge is 0.412 e. The molecule has 4 amide bonds. The SMILES string of the molecule is O=C(O/C=C/N1C(=O)C=CC1=O)OCN1C(=O)C=CC1=O. The van der Waals surface area contributed by atoms with E-state index in [1.54, 1.807) is 0 Å². The van der Waals surface area contributed by atoms with Crippen molar-refractivity contribution in [3.05, 3.63) is 36.8 Å². The molecule has 108 valence electrons. The third-order valence-electron chi connectivity index (χ3n) is 2.43. The lowest BCUT2D eigenvalue weighted by atomic mass is 10.6. The maximum absolute atomic E-state index is 11.2. The van der Waals surface area contributed by atoms with Crippen molar-refractivity contribution in [3.63, 3.8) is 0 Å². The molecule has 9 heteroatoms. The van der Waals surface area contributed by atoms with Crippen molar-refractivity contribution in [2.45, 2.75) is 0 Å². The fraction of sp³-hybridized carbons (Fsp3) is 0.0833. The van der Waals surface area contributed by atoms with E-state index in [-0.39, 0.29) is 0 Å². The van der Waals surface area contributed by atoms with Crippen molar-refractivity contribution < 1.29 is 33.4 Å². The monoisotopic (exact) mass is 292 g/mol. The zero-order valence-electron chi connectivity index (χ0n) is 10.4. The second-order valence-corrected chi connectivity index (χ2v) is 3.74. The molecule has 0 N–H and O–H groups in total. The average molecular weight is 292 g/mol. The zero-order chi connectivity index (χ0) is 15.4. The van der Waals surface area contributed by atoms with Crippen molar-refractivity contribution in [2.75, 3.05) is 6.73 Å². The summed E-state index contributed by atoms with van der Waals surface area (Å²) in [6.07, 6.45) is 4.70. The second-order valence-electron chi connectivity index (χ2n) is 3.74. The summed E-state index contributed by atoms with van der Waals surface area (Å²) in [6.45, 7) is -0.597. The molecule has 0 saturated heterocycles. The van der Waals surface area contributed by atoms with Crippen LogP contribution in [0.3, 0.4) is 0 Å². The Morgan fingerprint density at radius 1 is 0.952 bits per heavy atom. The molecule has 0 bridgehead atoms. The highest BCUT2D eigenvalue weighted by Crippen LogP contribution is 2.05. The third kappa shape index (κ3) is 3.21. The highest BCUT2D eigenvalue weighted by molar-refractivity contribution is 6.13. The molecular weight excluding hydrogens is 284 g/mol. The molecule has 21 heavy (non-hydrogen) atoms. The molecule has 0 aromatic rings. The molecule has 0 aromatic carbocycles. The largest absolute Gasteiger partial charge is 0.515 e. The van der Waals surface area contributed by atoms with Crippen LogP contribution in [0.4, 0.5) is 4.79 Å². The van der Waals surface area contributed by atoms with Crippen LogP contribution in [-0.2, 0) is 28.7 Å². The zero-order valence-corrected chi connectivity index (χ0v) is 10.4. The summed E-state index contributed by atoms with van der Waals surface area (Å²) >= 11 is 0. The van der Waals surface area contributed by atoms with Gasteiger partial charge in [0.25, 0.3) is 23.6 Å². The van der Waals surface area contributed by atoms with E-state index in [0.29, 0.717) is 9.80 Å². The maximum atomic E-state index is 11.2. The van der Waals surface area contributed by atoms with Gasteiger partial charge in [0.15, 0.2) is 6.73 Å². The van der Waals surface area contributed by atoms with Crippen molar-refractivity contribution >= 4 is 29.8 Å². The van der Waals surface area contributed by atoms with Gasteiger partial charge in [-0.2, -0.15) is 0 Å². The Morgan fingerprint density at radius 2 is 1.48 bits per heavy atom. The fourth-order valence-electron chi connectivity index (χ4n) is 1.42. The minimum atomic E-state index is -1.20. The van der Waals surface area contributed by atoms with Gasteiger partial charge < -0.3 is 9.47 Å². The molecule has 2 aliphatic heterocycles. The second kappa shape index (κ2) is 5.82. The highest BCUT2D eigenvalue weighted by Gasteiger charge is 2.25. The molecule has 0 unspecified atom stereocenters. The number of hydrogen-bond acceptors (Lipinski definition) is 7. The van der Waals surface area contributed by atoms with Crippen molar-refractivity contribution in [2.24, 2.45) is 0 Å². The predicted molar refractivity (Wildman–Crippen MR) is 63.6 cm³/mol. The topological polar surface area (TPSA) is 110 Å². The van der Waals surface area contributed by atoms with Gasteiger partial charge in [-0.15, -0.1) is 0 Å². The van der Waals surface area contributed by atoms with E-state index in [4.69, 9.17) is 0 Å². The van der Waals surface area contributed by atoms with Gasteiger partial charge in [-0.25, -0.2) is 14.6 Å². The average Bonchev–Trinajstić information content (AvgIpc) is 2.93. The van der Waals surface area contributed by atoms with Gasteiger partial charge in [-0.1, -0.05) is 0 Å². The summed E-state index contributed by atoms with van der Waals surface area (Å²) < 4.78 is 8.96. The first-order chi connectivity index (χ1) is 9.99. The Labute approximate surface area is 117 Å². The molecule has 0 aromatic heterocycles. The lowest BCUT2D eigenvalue weighted by Crippen LogP contribution is -2.33. The number of amides is 4. The Kier molecular flexibility index (Phi) is 3.93. The molecule has 0 atom stereocenters. The number of imide groups is 2. The Balaban J connectivity index is 1.75. The van der Waals surface area contributed by atoms with Gasteiger partial charge in [0, 0.05) is 24.3 Å². The number of carbonyl (C=O) groups is 5. The van der Waals surface area contributed by atoms with E-state index < -0.39 is 36.5 Å². The van der Waals surface area contributed by atoms with Crippen LogP contribution in [0.2, 0.25) is 0 Å². The van der Waals surface area contributed by atoms with Crippen molar-refractivity contribution in [3.8, 4) is 0 Å². The first-order valence-electron chi connectivity index (χ1n) is 5.58. The first-order valence-corrected chi connectivity index (χ1v) is 5.58. The van der Waals surface area contributed by atoms with E-state index in [9.17, 15) is 24.0 Å². The normalized spacial score (nSPS) is 17.5. The molecule has 2 aliphatic rings. The maximum Gasteiger partial charge on any atom is 0.515 e. The number of nitrogens with zero attached hydrogens (tertiary/aromatic N) is 2. The molecular formula is C12H8N2O7. The van der Waals surface area contributed by atoms with Gasteiger partial charge >= 0.3 is 6.16 Å².